The maximum absolute atomic E-state index is 16.3. The van der Waals surface area contributed by atoms with E-state index in [9.17, 15) is 28.8 Å². The molecule has 5 heterocycles. The van der Waals surface area contributed by atoms with Gasteiger partial charge in [-0.25, -0.2) is 9.37 Å². The Bertz CT molecular complexity index is 2630. The Balaban J connectivity index is 0.850. The highest BCUT2D eigenvalue weighted by Crippen LogP contribution is 2.64. The Labute approximate surface area is 386 Å². The molecule has 4 aromatic rings. The summed E-state index contributed by atoms with van der Waals surface area (Å²) in [6, 6.07) is 17.1. The molecule has 4 aliphatic heterocycles. The van der Waals surface area contributed by atoms with Crippen molar-refractivity contribution < 1.29 is 33.2 Å². The van der Waals surface area contributed by atoms with E-state index in [1.165, 1.54) is 12.3 Å². The zero-order chi connectivity index (χ0) is 45.8. The molecule has 13 nitrogen and oxygen atoms in total. The van der Waals surface area contributed by atoms with Crippen LogP contribution in [0.15, 0.2) is 72.9 Å². The second-order valence-corrected chi connectivity index (χ2v) is 19.6. The van der Waals surface area contributed by atoms with Crippen molar-refractivity contribution in [2.24, 2.45) is 5.41 Å². The molecular weight excluding hydrogens is 872 g/mol. The summed E-state index contributed by atoms with van der Waals surface area (Å²) >= 11 is 12.7. The van der Waals surface area contributed by atoms with E-state index in [2.05, 4.69) is 45.4 Å². The van der Waals surface area contributed by atoms with Gasteiger partial charge < -0.3 is 20.9 Å². The number of benzene rings is 3. The molecule has 5 aliphatic rings. The number of piperidine rings is 1. The summed E-state index contributed by atoms with van der Waals surface area (Å²) in [5.41, 5.74) is 2.26. The number of nitrogens with one attached hydrogen (secondary N) is 5. The Morgan fingerprint density at radius 3 is 2.45 bits per heavy atom. The fourth-order valence-corrected chi connectivity index (χ4v) is 11.4. The number of aryl methyl sites for hydroxylation is 1. The standard InChI is InChI=1S/C49H50Cl2FN7O6/c1-47(2)19-21-48(22-20-47)49(34-15-12-29(50)25-35(34)56-46(49)65)38(32-18-24-53-41(51)39(32)52)40(58-48)44(63)55-30-13-10-28(11-14-30)42(61)54-23-5-3-4-7-27-8-6-9-31-33(27)26-59(45(31)64)36-16-17-37(60)57-43(36)62/h6,8-15,18,24-25,36,38,40,58H,3-5,7,16-17,19-23,26H2,1-2H3,(H,54,61)(H,55,63)(H,56,65)(H,57,60,62)/t36?,38-,40+,49+/m0/s1. The van der Waals surface area contributed by atoms with Crippen LogP contribution in [0.2, 0.25) is 10.2 Å². The van der Waals surface area contributed by atoms with E-state index in [0.29, 0.717) is 65.4 Å². The monoisotopic (exact) mass is 921 g/mol. The van der Waals surface area contributed by atoms with Crippen LogP contribution in [-0.2, 0) is 37.6 Å². The Hall–Kier alpha value is -5.70. The molecular formula is C49H50Cl2FN7O6. The zero-order valence-corrected chi connectivity index (χ0v) is 37.6. The number of rotatable bonds is 11. The van der Waals surface area contributed by atoms with Crippen molar-refractivity contribution in [3.63, 3.8) is 0 Å². The van der Waals surface area contributed by atoms with Crippen molar-refractivity contribution in [2.75, 3.05) is 17.2 Å². The molecule has 2 spiro atoms. The number of carbonyl (C=O) groups is 6. The molecule has 16 heteroatoms. The van der Waals surface area contributed by atoms with Gasteiger partial charge in [0, 0.05) is 64.7 Å². The Morgan fingerprint density at radius 2 is 1.69 bits per heavy atom. The van der Waals surface area contributed by atoms with Crippen molar-refractivity contribution in [1.29, 1.82) is 0 Å². The van der Waals surface area contributed by atoms with Crippen molar-refractivity contribution in [2.45, 2.75) is 114 Å². The highest BCUT2D eigenvalue weighted by molar-refractivity contribution is 6.31. The van der Waals surface area contributed by atoms with Gasteiger partial charge in [-0.2, -0.15) is 0 Å². The van der Waals surface area contributed by atoms with E-state index in [1.54, 1.807) is 53.4 Å². The molecule has 1 aliphatic carbocycles. The van der Waals surface area contributed by atoms with Gasteiger partial charge in [0.2, 0.25) is 23.6 Å². The smallest absolute Gasteiger partial charge is 0.255 e. The first-order valence-electron chi connectivity index (χ1n) is 22.3. The topological polar surface area (TPSA) is 179 Å². The van der Waals surface area contributed by atoms with E-state index in [4.69, 9.17) is 23.2 Å². The van der Waals surface area contributed by atoms with Crippen LogP contribution < -0.4 is 26.6 Å². The first-order valence-corrected chi connectivity index (χ1v) is 23.0. The van der Waals surface area contributed by atoms with Gasteiger partial charge in [-0.05, 0) is 128 Å². The fourth-order valence-electron chi connectivity index (χ4n) is 11.1. The van der Waals surface area contributed by atoms with Gasteiger partial charge in [-0.3, -0.25) is 39.4 Å². The lowest BCUT2D eigenvalue weighted by Crippen LogP contribution is -2.61. The summed E-state index contributed by atoms with van der Waals surface area (Å²) in [5, 5.41) is 15.1. The number of aromatic nitrogens is 1. The number of hydrogen-bond acceptors (Lipinski definition) is 8. The number of carbonyl (C=O) groups excluding carboxylic acids is 6. The van der Waals surface area contributed by atoms with Crippen LogP contribution in [0.25, 0.3) is 0 Å². The summed E-state index contributed by atoms with van der Waals surface area (Å²) < 4.78 is 16.3. The quantitative estimate of drug-likeness (QED) is 0.0589. The minimum atomic E-state index is -1.41. The van der Waals surface area contributed by atoms with Gasteiger partial charge in [0.1, 0.15) is 11.5 Å². The first-order chi connectivity index (χ1) is 31.1. The third-order valence-corrected chi connectivity index (χ3v) is 15.0. The van der Waals surface area contributed by atoms with Gasteiger partial charge in [-0.1, -0.05) is 61.7 Å². The summed E-state index contributed by atoms with van der Waals surface area (Å²) in [6.45, 7) is 5.14. The Kier molecular flexibility index (Phi) is 11.8. The molecule has 338 valence electrons. The Morgan fingerprint density at radius 1 is 0.923 bits per heavy atom. The van der Waals surface area contributed by atoms with Gasteiger partial charge >= 0.3 is 0 Å². The van der Waals surface area contributed by atoms with Gasteiger partial charge in [0.05, 0.1) is 6.04 Å². The van der Waals surface area contributed by atoms with Crippen LogP contribution in [-0.4, -0.2) is 69.5 Å². The molecule has 2 saturated heterocycles. The molecule has 1 saturated carbocycles. The van der Waals surface area contributed by atoms with E-state index in [1.807, 2.05) is 12.1 Å². The summed E-state index contributed by atoms with van der Waals surface area (Å²) in [5.74, 6) is -3.88. The third-order valence-electron chi connectivity index (χ3n) is 14.5. The highest BCUT2D eigenvalue weighted by Gasteiger charge is 2.73. The van der Waals surface area contributed by atoms with Crippen molar-refractivity contribution in [1.82, 2.24) is 25.8 Å². The van der Waals surface area contributed by atoms with E-state index in [-0.39, 0.29) is 46.2 Å². The summed E-state index contributed by atoms with van der Waals surface area (Å²) in [4.78, 5) is 85.4. The number of anilines is 2. The number of imide groups is 1. The van der Waals surface area contributed by atoms with Crippen LogP contribution in [0.5, 0.6) is 0 Å². The van der Waals surface area contributed by atoms with Crippen LogP contribution >= 0.6 is 23.2 Å². The highest BCUT2D eigenvalue weighted by atomic mass is 35.5. The lowest BCUT2D eigenvalue weighted by atomic mass is 9.53. The minimum Gasteiger partial charge on any atom is -0.352 e. The van der Waals surface area contributed by atoms with Crippen LogP contribution in [0.3, 0.4) is 0 Å². The van der Waals surface area contributed by atoms with E-state index in [0.717, 1.165) is 49.7 Å². The molecule has 3 fully saturated rings. The van der Waals surface area contributed by atoms with Crippen molar-refractivity contribution >= 4 is 70.0 Å². The first kappa shape index (κ1) is 44.5. The molecule has 5 N–H and O–H groups in total. The number of halogens is 3. The molecule has 1 unspecified atom stereocenters. The molecule has 4 atom stereocenters. The zero-order valence-electron chi connectivity index (χ0n) is 36.1. The number of fused-ring (bicyclic) bond motifs is 4. The lowest BCUT2D eigenvalue weighted by Gasteiger charge is -2.50. The van der Waals surface area contributed by atoms with E-state index < -0.39 is 46.6 Å². The number of unbranched alkanes of at least 4 members (excludes halogenated alkanes) is 2. The normalized spacial score (nSPS) is 23.9. The molecule has 65 heavy (non-hydrogen) atoms. The van der Waals surface area contributed by atoms with Crippen molar-refractivity contribution in [3.8, 4) is 0 Å². The van der Waals surface area contributed by atoms with Gasteiger partial charge in [-0.15, -0.1) is 0 Å². The molecule has 1 aromatic heterocycles. The third kappa shape index (κ3) is 7.86. The second kappa shape index (κ2) is 17.3. The number of pyridine rings is 1. The van der Waals surface area contributed by atoms with Crippen LogP contribution in [0.1, 0.15) is 121 Å². The molecule has 3 aromatic carbocycles. The average molecular weight is 923 g/mol. The maximum atomic E-state index is 16.3. The number of nitrogens with zero attached hydrogens (tertiary/aromatic N) is 2. The van der Waals surface area contributed by atoms with E-state index >= 15 is 4.39 Å². The number of amides is 6. The van der Waals surface area contributed by atoms with Crippen LogP contribution in [0.4, 0.5) is 15.8 Å². The SMILES string of the molecule is CC1(C)CCC2(CC1)N[C@@H](C(=O)Nc1ccc(C(=O)NCCCCCc3cccc4c3CN(C3CCC(=O)NC3=O)C4=O)cc1)[C@H](c1ccnc(Cl)c1F)[C@]21C(=O)Nc2cc(Cl)ccc21. The van der Waals surface area contributed by atoms with Crippen molar-refractivity contribution in [3.05, 3.63) is 122 Å². The summed E-state index contributed by atoms with van der Waals surface area (Å²) in [7, 11) is 0. The molecule has 0 bridgehead atoms. The maximum Gasteiger partial charge on any atom is 0.255 e. The predicted molar refractivity (Wildman–Crippen MR) is 243 cm³/mol. The average Bonchev–Trinajstić information content (AvgIpc) is 3.88. The fraction of sp³-hybridized carbons (Fsp3) is 0.408. The molecule has 6 amide bonds. The van der Waals surface area contributed by atoms with Gasteiger partial charge in [0.15, 0.2) is 11.0 Å². The number of hydrogen-bond donors (Lipinski definition) is 5. The lowest BCUT2D eigenvalue weighted by molar-refractivity contribution is -0.137. The molecule has 0 radical (unpaired) electrons. The van der Waals surface area contributed by atoms with Crippen LogP contribution in [0, 0.1) is 11.2 Å². The summed E-state index contributed by atoms with van der Waals surface area (Å²) in [6.07, 6.45) is 7.63. The largest absolute Gasteiger partial charge is 0.352 e. The molecule has 9 rings (SSSR count). The second-order valence-electron chi connectivity index (χ2n) is 18.8. The minimum absolute atomic E-state index is 0.0137. The van der Waals surface area contributed by atoms with Gasteiger partial charge in [0.25, 0.3) is 11.8 Å². The predicted octanol–water partition coefficient (Wildman–Crippen LogP) is 7.35.